The minimum absolute atomic E-state index is 0.122. The van der Waals surface area contributed by atoms with Crippen LogP contribution in [0.25, 0.3) is 0 Å². The lowest BCUT2D eigenvalue weighted by atomic mass is 10.1. The Kier molecular flexibility index (Phi) is 4.04. The van der Waals surface area contributed by atoms with Gasteiger partial charge in [-0.2, -0.15) is 13.2 Å². The van der Waals surface area contributed by atoms with Crippen LogP contribution in [0.1, 0.15) is 18.6 Å². The summed E-state index contributed by atoms with van der Waals surface area (Å²) in [6.45, 7) is 1.96. The summed E-state index contributed by atoms with van der Waals surface area (Å²) in [6.07, 6.45) is -6.99. The van der Waals surface area contributed by atoms with Crippen molar-refractivity contribution in [3.05, 3.63) is 29.8 Å². The second kappa shape index (κ2) is 4.90. The molecular weight excluding hydrogens is 225 g/mol. The van der Waals surface area contributed by atoms with Gasteiger partial charge in [0.1, 0.15) is 0 Å². The molecule has 0 saturated carbocycles. The average Bonchev–Trinajstić information content (AvgIpc) is 2.17. The van der Waals surface area contributed by atoms with Crippen LogP contribution >= 0.6 is 11.8 Å². The summed E-state index contributed by atoms with van der Waals surface area (Å²) in [4.78, 5) is 0.899. The minimum Gasteiger partial charge on any atom is -0.379 e. The topological polar surface area (TPSA) is 20.2 Å². The van der Waals surface area contributed by atoms with Gasteiger partial charge >= 0.3 is 6.18 Å². The number of aliphatic hydroxyl groups excluding tert-OH is 1. The van der Waals surface area contributed by atoms with Gasteiger partial charge in [0.25, 0.3) is 0 Å². The molecule has 1 N–H and O–H groups in total. The molecule has 1 aromatic carbocycles. The molecule has 0 heterocycles. The fourth-order valence-electron chi connectivity index (χ4n) is 1.10. The maximum Gasteiger partial charge on any atom is 0.418 e. The third-order valence-electron chi connectivity index (χ3n) is 1.82. The molecule has 0 fully saturated rings. The van der Waals surface area contributed by atoms with E-state index in [1.165, 1.54) is 12.1 Å². The average molecular weight is 236 g/mol. The normalized spacial score (nSPS) is 13.9. The van der Waals surface area contributed by atoms with E-state index in [1.807, 2.05) is 6.92 Å². The number of aliphatic hydroxyl groups is 1. The molecule has 0 spiro atoms. The SMILES string of the molecule is CCSc1ccc(C(O)C(F)(F)F)cc1. The zero-order chi connectivity index (χ0) is 11.5. The number of hydrogen-bond donors (Lipinski definition) is 1. The number of benzene rings is 1. The van der Waals surface area contributed by atoms with E-state index in [0.29, 0.717) is 0 Å². The van der Waals surface area contributed by atoms with E-state index in [1.54, 1.807) is 23.9 Å². The standard InChI is InChI=1S/C10H11F3OS/c1-2-15-8-5-3-7(4-6-8)9(14)10(11,12)13/h3-6,9,14H,2H2,1H3. The first-order valence-electron chi connectivity index (χ1n) is 4.42. The Morgan fingerprint density at radius 1 is 1.27 bits per heavy atom. The predicted octanol–water partition coefficient (Wildman–Crippen LogP) is 3.39. The summed E-state index contributed by atoms with van der Waals surface area (Å²) >= 11 is 1.54. The fraction of sp³-hybridized carbons (Fsp3) is 0.400. The quantitative estimate of drug-likeness (QED) is 0.812. The molecule has 1 atom stereocenters. The highest BCUT2D eigenvalue weighted by molar-refractivity contribution is 7.99. The molecule has 1 aromatic rings. The number of rotatable bonds is 3. The zero-order valence-corrected chi connectivity index (χ0v) is 8.90. The van der Waals surface area contributed by atoms with Gasteiger partial charge in [-0.05, 0) is 23.4 Å². The highest BCUT2D eigenvalue weighted by Crippen LogP contribution is 2.33. The van der Waals surface area contributed by atoms with Gasteiger partial charge in [-0.1, -0.05) is 19.1 Å². The molecule has 84 valence electrons. The molecule has 0 amide bonds. The highest BCUT2D eigenvalue weighted by Gasteiger charge is 2.39. The Morgan fingerprint density at radius 2 is 1.80 bits per heavy atom. The molecule has 15 heavy (non-hydrogen) atoms. The molecule has 5 heteroatoms. The lowest BCUT2D eigenvalue weighted by Gasteiger charge is -2.14. The lowest BCUT2D eigenvalue weighted by Crippen LogP contribution is -2.19. The molecule has 0 aromatic heterocycles. The van der Waals surface area contributed by atoms with Gasteiger partial charge in [-0.15, -0.1) is 11.8 Å². The van der Waals surface area contributed by atoms with Gasteiger partial charge in [0, 0.05) is 4.90 Å². The summed E-state index contributed by atoms with van der Waals surface area (Å²) in [5.74, 6) is 0.862. The maximum atomic E-state index is 12.1. The molecule has 1 nitrogen and oxygen atoms in total. The molecule has 1 unspecified atom stereocenters. The van der Waals surface area contributed by atoms with Crippen molar-refractivity contribution in [3.63, 3.8) is 0 Å². The van der Waals surface area contributed by atoms with Crippen LogP contribution in [0, 0.1) is 0 Å². The molecule has 0 saturated heterocycles. The second-order valence-electron chi connectivity index (χ2n) is 2.95. The van der Waals surface area contributed by atoms with Gasteiger partial charge in [-0.25, -0.2) is 0 Å². The van der Waals surface area contributed by atoms with E-state index in [9.17, 15) is 13.2 Å². The van der Waals surface area contributed by atoms with Crippen LogP contribution in [0.2, 0.25) is 0 Å². The monoisotopic (exact) mass is 236 g/mol. The van der Waals surface area contributed by atoms with E-state index >= 15 is 0 Å². The number of thioether (sulfide) groups is 1. The molecular formula is C10H11F3OS. The molecule has 1 rings (SSSR count). The number of hydrogen-bond acceptors (Lipinski definition) is 2. The smallest absolute Gasteiger partial charge is 0.379 e. The van der Waals surface area contributed by atoms with Crippen LogP contribution in [0.3, 0.4) is 0 Å². The van der Waals surface area contributed by atoms with Crippen molar-refractivity contribution in [1.82, 2.24) is 0 Å². The third-order valence-corrected chi connectivity index (χ3v) is 2.71. The molecule has 0 aliphatic rings. The third kappa shape index (κ3) is 3.43. The fourth-order valence-corrected chi connectivity index (χ4v) is 1.76. The number of alkyl halides is 3. The molecule has 0 radical (unpaired) electrons. The predicted molar refractivity (Wildman–Crippen MR) is 53.9 cm³/mol. The van der Waals surface area contributed by atoms with E-state index < -0.39 is 12.3 Å². The van der Waals surface area contributed by atoms with Crippen molar-refractivity contribution >= 4 is 11.8 Å². The first kappa shape index (κ1) is 12.4. The molecule has 0 aliphatic carbocycles. The van der Waals surface area contributed by atoms with Gasteiger partial charge in [0.05, 0.1) is 0 Å². The van der Waals surface area contributed by atoms with Crippen LogP contribution in [0.5, 0.6) is 0 Å². The van der Waals surface area contributed by atoms with Gasteiger partial charge in [-0.3, -0.25) is 0 Å². The summed E-state index contributed by atoms with van der Waals surface area (Å²) in [5, 5.41) is 8.95. The largest absolute Gasteiger partial charge is 0.418 e. The summed E-state index contributed by atoms with van der Waals surface area (Å²) < 4.78 is 36.4. The Hall–Kier alpha value is -0.680. The minimum atomic E-state index is -4.60. The van der Waals surface area contributed by atoms with Crippen molar-refractivity contribution in [2.24, 2.45) is 0 Å². The Morgan fingerprint density at radius 3 is 2.20 bits per heavy atom. The van der Waals surface area contributed by atoms with E-state index in [4.69, 9.17) is 5.11 Å². The van der Waals surface area contributed by atoms with Crippen molar-refractivity contribution in [3.8, 4) is 0 Å². The van der Waals surface area contributed by atoms with Crippen molar-refractivity contribution in [2.75, 3.05) is 5.75 Å². The second-order valence-corrected chi connectivity index (χ2v) is 4.28. The van der Waals surface area contributed by atoms with Crippen molar-refractivity contribution in [2.45, 2.75) is 24.1 Å². The molecule has 0 aliphatic heterocycles. The summed E-state index contributed by atoms with van der Waals surface area (Å²) in [7, 11) is 0. The van der Waals surface area contributed by atoms with Crippen molar-refractivity contribution < 1.29 is 18.3 Å². The van der Waals surface area contributed by atoms with Crippen LogP contribution < -0.4 is 0 Å². The van der Waals surface area contributed by atoms with Crippen LogP contribution in [-0.2, 0) is 0 Å². The van der Waals surface area contributed by atoms with Gasteiger partial charge in [0.15, 0.2) is 6.10 Å². The van der Waals surface area contributed by atoms with E-state index in [0.717, 1.165) is 10.6 Å². The maximum absolute atomic E-state index is 12.1. The summed E-state index contributed by atoms with van der Waals surface area (Å²) in [6, 6.07) is 5.77. The Labute approximate surface area is 90.3 Å². The summed E-state index contributed by atoms with van der Waals surface area (Å²) in [5.41, 5.74) is -0.122. The van der Waals surface area contributed by atoms with Gasteiger partial charge in [0.2, 0.25) is 0 Å². The molecule has 0 bridgehead atoms. The highest BCUT2D eigenvalue weighted by atomic mass is 32.2. The zero-order valence-electron chi connectivity index (χ0n) is 8.08. The van der Waals surface area contributed by atoms with Crippen LogP contribution in [-0.4, -0.2) is 17.0 Å². The van der Waals surface area contributed by atoms with E-state index in [-0.39, 0.29) is 5.56 Å². The van der Waals surface area contributed by atoms with Crippen molar-refractivity contribution in [1.29, 1.82) is 0 Å². The lowest BCUT2D eigenvalue weighted by molar-refractivity contribution is -0.206. The van der Waals surface area contributed by atoms with Gasteiger partial charge < -0.3 is 5.11 Å². The van der Waals surface area contributed by atoms with E-state index in [2.05, 4.69) is 0 Å². The first-order valence-corrected chi connectivity index (χ1v) is 5.41. The Balaban J connectivity index is 2.80. The number of halogens is 3. The van der Waals surface area contributed by atoms with Crippen LogP contribution in [0.4, 0.5) is 13.2 Å². The first-order chi connectivity index (χ1) is 6.95. The van der Waals surface area contributed by atoms with Crippen LogP contribution in [0.15, 0.2) is 29.2 Å². The Bertz CT molecular complexity index is 307.